The van der Waals surface area contributed by atoms with Crippen LogP contribution in [0.2, 0.25) is 5.15 Å². The van der Waals surface area contributed by atoms with Gasteiger partial charge in [-0.2, -0.15) is 5.10 Å². The number of hydrogen-bond donors (Lipinski definition) is 0. The van der Waals surface area contributed by atoms with Crippen LogP contribution in [0.25, 0.3) is 16.8 Å². The molecule has 0 atom stereocenters. The normalized spacial score (nSPS) is 11.2. The molecule has 114 valence electrons. The number of hydrogen-bond acceptors (Lipinski definition) is 4. The molecule has 0 aromatic carbocycles. The highest BCUT2D eigenvalue weighted by Crippen LogP contribution is 2.31. The minimum Gasteiger partial charge on any atom is -0.363 e. The second kappa shape index (κ2) is 5.25. The number of rotatable bonds is 2. The monoisotopic (exact) mass is 315 g/mol. The summed E-state index contributed by atoms with van der Waals surface area (Å²) in [6.45, 7) is 5.90. The fraction of sp³-hybridized carbons (Fsp3) is 0.312. The van der Waals surface area contributed by atoms with Crippen LogP contribution in [-0.2, 0) is 0 Å². The van der Waals surface area contributed by atoms with Crippen LogP contribution in [-0.4, -0.2) is 33.7 Å². The van der Waals surface area contributed by atoms with Crippen LogP contribution in [0.3, 0.4) is 0 Å². The molecule has 3 aromatic rings. The number of nitrogens with zero attached hydrogens (tertiary/aromatic N) is 5. The van der Waals surface area contributed by atoms with E-state index in [9.17, 15) is 0 Å². The Labute approximate surface area is 134 Å². The number of aromatic nitrogens is 4. The first-order chi connectivity index (χ1) is 10.4. The summed E-state index contributed by atoms with van der Waals surface area (Å²) in [5.74, 6) is 0.928. The van der Waals surface area contributed by atoms with Crippen LogP contribution in [0.5, 0.6) is 0 Å². The van der Waals surface area contributed by atoms with Crippen molar-refractivity contribution in [2.45, 2.75) is 20.8 Å². The number of pyridine rings is 1. The molecular weight excluding hydrogens is 298 g/mol. The Bertz CT molecular complexity index is 867. The molecule has 0 N–H and O–H groups in total. The fourth-order valence-electron chi connectivity index (χ4n) is 2.58. The number of anilines is 1. The summed E-state index contributed by atoms with van der Waals surface area (Å²) in [5.41, 5.74) is 5.50. The molecule has 3 heterocycles. The number of fused-ring (bicyclic) bond motifs is 1. The lowest BCUT2D eigenvalue weighted by Crippen LogP contribution is -2.11. The maximum Gasteiger partial charge on any atom is 0.165 e. The zero-order valence-electron chi connectivity index (χ0n) is 13.3. The van der Waals surface area contributed by atoms with Crippen LogP contribution >= 0.6 is 11.6 Å². The quantitative estimate of drug-likeness (QED) is 0.680. The topological polar surface area (TPSA) is 46.3 Å². The second-order valence-electron chi connectivity index (χ2n) is 5.61. The average Bonchev–Trinajstić information content (AvgIpc) is 2.75. The molecule has 0 unspecified atom stereocenters. The molecule has 0 fully saturated rings. The van der Waals surface area contributed by atoms with Crippen molar-refractivity contribution in [3.05, 3.63) is 40.4 Å². The molecule has 0 aliphatic rings. The standard InChI is InChI=1S/C16H18ClN5/c1-9-8-13(17)22-16(18-9)15(11(3)20-22)12-6-7-14(21(4)5)19-10(12)2/h6-8H,1-5H3. The third kappa shape index (κ3) is 2.31. The number of aryl methyl sites for hydroxylation is 3. The molecular formula is C16H18ClN5. The highest BCUT2D eigenvalue weighted by molar-refractivity contribution is 6.29. The number of halogens is 1. The van der Waals surface area contributed by atoms with E-state index < -0.39 is 0 Å². The second-order valence-corrected chi connectivity index (χ2v) is 6.00. The van der Waals surface area contributed by atoms with Crippen molar-refractivity contribution in [2.75, 3.05) is 19.0 Å². The lowest BCUT2D eigenvalue weighted by Gasteiger charge is -2.13. The van der Waals surface area contributed by atoms with Crippen molar-refractivity contribution in [3.63, 3.8) is 0 Å². The minimum absolute atomic E-state index is 0.562. The molecule has 3 rings (SSSR count). The lowest BCUT2D eigenvalue weighted by molar-refractivity contribution is 0.910. The SMILES string of the molecule is Cc1cc(Cl)n2nc(C)c(-c3ccc(N(C)C)nc3C)c2n1. The molecule has 0 aliphatic heterocycles. The molecule has 0 bridgehead atoms. The molecule has 3 aromatic heterocycles. The fourth-order valence-corrected chi connectivity index (χ4v) is 2.85. The Kier molecular flexibility index (Phi) is 3.53. The van der Waals surface area contributed by atoms with E-state index in [1.807, 2.05) is 51.9 Å². The third-order valence-corrected chi connectivity index (χ3v) is 3.92. The van der Waals surface area contributed by atoms with Gasteiger partial charge in [-0.05, 0) is 39.0 Å². The summed E-state index contributed by atoms with van der Waals surface area (Å²) in [5, 5.41) is 5.08. The highest BCUT2D eigenvalue weighted by Gasteiger charge is 2.17. The summed E-state index contributed by atoms with van der Waals surface area (Å²) in [6.07, 6.45) is 0. The summed E-state index contributed by atoms with van der Waals surface area (Å²) in [4.78, 5) is 11.2. The molecule has 0 saturated heterocycles. The van der Waals surface area contributed by atoms with E-state index in [0.29, 0.717) is 5.15 Å². The first kappa shape index (κ1) is 14.8. The Morgan fingerprint density at radius 2 is 1.77 bits per heavy atom. The van der Waals surface area contributed by atoms with E-state index in [-0.39, 0.29) is 0 Å². The van der Waals surface area contributed by atoms with Crippen LogP contribution in [0, 0.1) is 20.8 Å². The van der Waals surface area contributed by atoms with E-state index in [1.165, 1.54) is 0 Å². The van der Waals surface area contributed by atoms with Gasteiger partial charge in [0.1, 0.15) is 11.0 Å². The van der Waals surface area contributed by atoms with Crippen LogP contribution < -0.4 is 4.90 Å². The van der Waals surface area contributed by atoms with Gasteiger partial charge in [-0.3, -0.25) is 0 Å². The van der Waals surface area contributed by atoms with Crippen LogP contribution in [0.15, 0.2) is 18.2 Å². The van der Waals surface area contributed by atoms with Gasteiger partial charge in [-0.1, -0.05) is 11.6 Å². The van der Waals surface area contributed by atoms with E-state index in [2.05, 4.69) is 21.1 Å². The largest absolute Gasteiger partial charge is 0.363 e. The molecule has 22 heavy (non-hydrogen) atoms. The van der Waals surface area contributed by atoms with Gasteiger partial charge in [0.2, 0.25) is 0 Å². The highest BCUT2D eigenvalue weighted by atomic mass is 35.5. The zero-order valence-corrected chi connectivity index (χ0v) is 14.1. The molecule has 0 spiro atoms. The summed E-state index contributed by atoms with van der Waals surface area (Å²) < 4.78 is 1.68. The zero-order chi connectivity index (χ0) is 16.0. The minimum atomic E-state index is 0.562. The smallest absolute Gasteiger partial charge is 0.165 e. The van der Waals surface area contributed by atoms with Gasteiger partial charge in [-0.25, -0.2) is 14.5 Å². The van der Waals surface area contributed by atoms with Gasteiger partial charge in [0.05, 0.1) is 11.3 Å². The van der Waals surface area contributed by atoms with Gasteiger partial charge >= 0.3 is 0 Å². The molecule has 0 aliphatic carbocycles. The van der Waals surface area contributed by atoms with E-state index in [1.54, 1.807) is 4.52 Å². The summed E-state index contributed by atoms with van der Waals surface area (Å²) >= 11 is 6.28. The van der Waals surface area contributed by atoms with Crippen molar-refractivity contribution in [1.29, 1.82) is 0 Å². The molecule has 5 nitrogen and oxygen atoms in total. The Morgan fingerprint density at radius 3 is 2.41 bits per heavy atom. The van der Waals surface area contributed by atoms with Crippen molar-refractivity contribution in [1.82, 2.24) is 19.6 Å². The first-order valence-corrected chi connectivity index (χ1v) is 7.44. The van der Waals surface area contributed by atoms with Gasteiger partial charge < -0.3 is 4.90 Å². The predicted molar refractivity (Wildman–Crippen MR) is 89.8 cm³/mol. The maximum absolute atomic E-state index is 6.28. The summed E-state index contributed by atoms with van der Waals surface area (Å²) in [6, 6.07) is 5.88. The van der Waals surface area contributed by atoms with Crippen molar-refractivity contribution >= 4 is 23.1 Å². The van der Waals surface area contributed by atoms with Crippen molar-refractivity contribution in [3.8, 4) is 11.1 Å². The Hall–Kier alpha value is -2.14. The van der Waals surface area contributed by atoms with Crippen molar-refractivity contribution in [2.24, 2.45) is 0 Å². The van der Waals surface area contributed by atoms with Crippen LogP contribution in [0.1, 0.15) is 17.1 Å². The molecule has 6 heteroatoms. The molecule has 0 radical (unpaired) electrons. The van der Waals surface area contributed by atoms with Gasteiger partial charge in [0, 0.05) is 31.0 Å². The Balaban J connectivity index is 2.29. The average molecular weight is 316 g/mol. The third-order valence-electron chi connectivity index (χ3n) is 3.65. The molecule has 0 amide bonds. The Morgan fingerprint density at radius 1 is 1.05 bits per heavy atom. The summed E-state index contributed by atoms with van der Waals surface area (Å²) in [7, 11) is 3.96. The lowest BCUT2D eigenvalue weighted by atomic mass is 10.0. The van der Waals surface area contributed by atoms with E-state index in [4.69, 9.17) is 11.6 Å². The van der Waals surface area contributed by atoms with Gasteiger partial charge in [0.25, 0.3) is 0 Å². The van der Waals surface area contributed by atoms with Gasteiger partial charge in [0.15, 0.2) is 5.65 Å². The maximum atomic E-state index is 6.28. The first-order valence-electron chi connectivity index (χ1n) is 7.06. The van der Waals surface area contributed by atoms with Crippen molar-refractivity contribution < 1.29 is 0 Å². The van der Waals surface area contributed by atoms with Crippen LogP contribution in [0.4, 0.5) is 5.82 Å². The predicted octanol–water partition coefficient (Wildman–Crippen LogP) is 3.44. The molecule has 0 saturated carbocycles. The van der Waals surface area contributed by atoms with E-state index >= 15 is 0 Å². The van der Waals surface area contributed by atoms with Gasteiger partial charge in [-0.15, -0.1) is 0 Å². The van der Waals surface area contributed by atoms with E-state index in [0.717, 1.165) is 39.7 Å².